The van der Waals surface area contributed by atoms with Crippen LogP contribution in [0.15, 0.2) is 144 Å². The van der Waals surface area contributed by atoms with Gasteiger partial charge in [0.15, 0.2) is 28.6 Å². The Morgan fingerprint density at radius 2 is 1.45 bits per heavy atom. The summed E-state index contributed by atoms with van der Waals surface area (Å²) in [5.41, 5.74) is 3.55. The Morgan fingerprint density at radius 3 is 2.09 bits per heavy atom. The zero-order valence-electron chi connectivity index (χ0n) is 22.9. The van der Waals surface area contributed by atoms with Gasteiger partial charge in [-0.1, -0.05) is 84.4 Å². The van der Waals surface area contributed by atoms with Crippen molar-refractivity contribution in [3.05, 3.63) is 172 Å². The standard InChI is InChI=1S/C35H22ClF2N3O2.ClH/c36-33-32(17-19-39-35(33)40-34(24-7-3-1-4-8-24)25-9-5-2-6-10-25)43-31-16-15-27(21-29(31)38)41-20-18-30(42)28(22-41)23-11-13-26(37)14-12-23;/h1-22H;1H. The molecular weight excluding hydrogens is 603 g/mol. The van der Waals surface area contributed by atoms with Crippen molar-refractivity contribution in [3.63, 3.8) is 0 Å². The third kappa shape index (κ3) is 6.59. The lowest BCUT2D eigenvalue weighted by Gasteiger charge is -2.13. The summed E-state index contributed by atoms with van der Waals surface area (Å²) in [6.45, 7) is 0. The molecule has 0 fully saturated rings. The second-order valence-corrected chi connectivity index (χ2v) is 9.87. The summed E-state index contributed by atoms with van der Waals surface area (Å²) >= 11 is 6.68. The fraction of sp³-hybridized carbons (Fsp3) is 0. The number of aromatic nitrogens is 2. The normalized spacial score (nSPS) is 10.5. The molecule has 0 atom stereocenters. The summed E-state index contributed by atoms with van der Waals surface area (Å²) in [4.78, 5) is 21.6. The average molecular weight is 626 g/mol. The van der Waals surface area contributed by atoms with Gasteiger partial charge >= 0.3 is 0 Å². The minimum atomic E-state index is -0.647. The molecule has 9 heteroatoms. The monoisotopic (exact) mass is 625 g/mol. The molecule has 44 heavy (non-hydrogen) atoms. The number of benzene rings is 4. The highest BCUT2D eigenvalue weighted by molar-refractivity contribution is 6.34. The highest BCUT2D eigenvalue weighted by atomic mass is 35.5. The average Bonchev–Trinajstić information content (AvgIpc) is 3.04. The lowest BCUT2D eigenvalue weighted by molar-refractivity contribution is 0.442. The number of pyridine rings is 2. The Labute approximate surface area is 263 Å². The Kier molecular flexibility index (Phi) is 9.29. The summed E-state index contributed by atoms with van der Waals surface area (Å²) in [7, 11) is 0. The predicted molar refractivity (Wildman–Crippen MR) is 172 cm³/mol. The smallest absolute Gasteiger partial charge is 0.189 e. The molecule has 0 saturated carbocycles. The zero-order chi connectivity index (χ0) is 29.8. The van der Waals surface area contributed by atoms with E-state index in [2.05, 4.69) is 4.98 Å². The van der Waals surface area contributed by atoms with Crippen LogP contribution in [0.5, 0.6) is 11.5 Å². The van der Waals surface area contributed by atoms with Gasteiger partial charge in [0.2, 0.25) is 0 Å². The molecule has 0 saturated heterocycles. The maximum absolute atomic E-state index is 15.3. The zero-order valence-corrected chi connectivity index (χ0v) is 24.5. The molecular formula is C35H23Cl2F2N3O2. The summed E-state index contributed by atoms with van der Waals surface area (Å²) in [5, 5.41) is 0.125. The van der Waals surface area contributed by atoms with Gasteiger partial charge in [-0.2, -0.15) is 0 Å². The van der Waals surface area contributed by atoms with Gasteiger partial charge in [-0.05, 0) is 29.8 Å². The van der Waals surface area contributed by atoms with Crippen molar-refractivity contribution in [1.82, 2.24) is 9.55 Å². The van der Waals surface area contributed by atoms with Crippen LogP contribution < -0.4 is 10.2 Å². The van der Waals surface area contributed by atoms with E-state index in [1.807, 2.05) is 60.7 Å². The molecule has 0 radical (unpaired) electrons. The highest BCUT2D eigenvalue weighted by Gasteiger charge is 2.15. The first-order valence-electron chi connectivity index (χ1n) is 13.3. The van der Waals surface area contributed by atoms with E-state index in [4.69, 9.17) is 21.3 Å². The number of hydrogen-bond donors (Lipinski definition) is 0. The lowest BCUT2D eigenvalue weighted by Crippen LogP contribution is -2.08. The van der Waals surface area contributed by atoms with E-state index in [1.165, 1.54) is 60.9 Å². The Hall–Kier alpha value is -5.11. The molecule has 0 spiro atoms. The summed E-state index contributed by atoms with van der Waals surface area (Å²) in [6, 6.07) is 32.2. The molecule has 6 rings (SSSR count). The fourth-order valence-corrected chi connectivity index (χ4v) is 4.70. The minimum Gasteiger partial charge on any atom is -0.453 e. The quantitative estimate of drug-likeness (QED) is 0.166. The van der Waals surface area contributed by atoms with Crippen molar-refractivity contribution < 1.29 is 13.5 Å². The third-order valence-electron chi connectivity index (χ3n) is 6.66. The van der Waals surface area contributed by atoms with Crippen molar-refractivity contribution >= 4 is 35.5 Å². The van der Waals surface area contributed by atoms with Gasteiger partial charge in [-0.15, -0.1) is 12.4 Å². The molecule has 0 bridgehead atoms. The van der Waals surface area contributed by atoms with E-state index in [0.717, 1.165) is 11.1 Å². The first kappa shape index (κ1) is 30.4. The molecule has 5 nitrogen and oxygen atoms in total. The van der Waals surface area contributed by atoms with E-state index in [9.17, 15) is 9.18 Å². The maximum atomic E-state index is 15.3. The van der Waals surface area contributed by atoms with Gasteiger partial charge in [-0.25, -0.2) is 18.8 Å². The van der Waals surface area contributed by atoms with Crippen LogP contribution in [0.4, 0.5) is 14.6 Å². The van der Waals surface area contributed by atoms with Crippen molar-refractivity contribution in [1.29, 1.82) is 0 Å². The minimum absolute atomic E-state index is 0. The topological polar surface area (TPSA) is 56.5 Å². The van der Waals surface area contributed by atoms with E-state index >= 15 is 4.39 Å². The first-order valence-corrected chi connectivity index (χ1v) is 13.6. The van der Waals surface area contributed by atoms with E-state index in [0.29, 0.717) is 22.5 Å². The van der Waals surface area contributed by atoms with Crippen molar-refractivity contribution in [2.45, 2.75) is 0 Å². The second kappa shape index (κ2) is 13.5. The largest absolute Gasteiger partial charge is 0.453 e. The number of rotatable bonds is 7. The second-order valence-electron chi connectivity index (χ2n) is 9.49. The van der Waals surface area contributed by atoms with Crippen molar-refractivity contribution in [3.8, 4) is 28.3 Å². The van der Waals surface area contributed by atoms with Crippen LogP contribution in [0.2, 0.25) is 5.02 Å². The number of aliphatic imine (C=N–C) groups is 1. The summed E-state index contributed by atoms with van der Waals surface area (Å²) in [5.74, 6) is -0.701. The lowest BCUT2D eigenvalue weighted by atomic mass is 10.0. The van der Waals surface area contributed by atoms with Gasteiger partial charge in [0, 0.05) is 59.2 Å². The van der Waals surface area contributed by atoms with Crippen LogP contribution in [0.1, 0.15) is 11.1 Å². The number of hydrogen-bond acceptors (Lipinski definition) is 4. The van der Waals surface area contributed by atoms with Crippen LogP contribution >= 0.6 is 24.0 Å². The SMILES string of the molecule is Cl.O=c1ccn(-c2ccc(Oc3ccnc(N=C(c4ccccc4)c4ccccc4)c3Cl)c(F)c2)cc1-c1ccc(F)cc1. The van der Waals surface area contributed by atoms with E-state index in [-0.39, 0.29) is 40.2 Å². The third-order valence-corrected chi connectivity index (χ3v) is 7.01. The molecule has 0 amide bonds. The van der Waals surface area contributed by atoms with Crippen LogP contribution in [-0.4, -0.2) is 15.3 Å². The van der Waals surface area contributed by atoms with Crippen molar-refractivity contribution in [2.75, 3.05) is 0 Å². The van der Waals surface area contributed by atoms with Crippen LogP contribution in [0, 0.1) is 11.6 Å². The Morgan fingerprint density at radius 1 is 0.795 bits per heavy atom. The van der Waals surface area contributed by atoms with Crippen LogP contribution in [0.25, 0.3) is 16.8 Å². The van der Waals surface area contributed by atoms with Crippen LogP contribution in [0.3, 0.4) is 0 Å². The molecule has 4 aromatic carbocycles. The molecule has 2 heterocycles. The van der Waals surface area contributed by atoms with Gasteiger partial charge in [0.1, 0.15) is 10.8 Å². The number of nitrogens with zero attached hydrogens (tertiary/aromatic N) is 3. The van der Waals surface area contributed by atoms with Gasteiger partial charge in [0.05, 0.1) is 5.71 Å². The molecule has 2 aromatic heterocycles. The van der Waals surface area contributed by atoms with Crippen molar-refractivity contribution in [2.24, 2.45) is 4.99 Å². The van der Waals surface area contributed by atoms with Crippen LogP contribution in [-0.2, 0) is 0 Å². The Balaban J connectivity index is 0.00000384. The molecule has 0 aliphatic heterocycles. The van der Waals surface area contributed by atoms with E-state index < -0.39 is 11.6 Å². The molecule has 6 aromatic rings. The molecule has 0 N–H and O–H groups in total. The molecule has 0 unspecified atom stereocenters. The Bertz CT molecular complexity index is 1960. The molecule has 0 aliphatic carbocycles. The fourth-order valence-electron chi connectivity index (χ4n) is 4.51. The molecule has 218 valence electrons. The number of ether oxygens (including phenoxy) is 1. The summed E-state index contributed by atoms with van der Waals surface area (Å²) in [6.07, 6.45) is 4.61. The van der Waals surface area contributed by atoms with Gasteiger partial charge in [0.25, 0.3) is 0 Å². The molecule has 0 aliphatic rings. The maximum Gasteiger partial charge on any atom is 0.189 e. The predicted octanol–water partition coefficient (Wildman–Crippen LogP) is 9.21. The van der Waals surface area contributed by atoms with E-state index in [1.54, 1.807) is 16.8 Å². The van der Waals surface area contributed by atoms with Gasteiger partial charge in [-0.3, -0.25) is 4.79 Å². The first-order chi connectivity index (χ1) is 21.0. The summed E-state index contributed by atoms with van der Waals surface area (Å²) < 4.78 is 36.2. The van der Waals surface area contributed by atoms with Gasteiger partial charge < -0.3 is 9.30 Å². The number of halogens is 4. The highest BCUT2D eigenvalue weighted by Crippen LogP contribution is 2.37.